The molecule has 1 saturated carbocycles. The molecule has 0 bridgehead atoms. The highest BCUT2D eigenvalue weighted by Crippen LogP contribution is 2.39. The van der Waals surface area contributed by atoms with E-state index in [0.717, 1.165) is 31.4 Å². The summed E-state index contributed by atoms with van der Waals surface area (Å²) in [6.45, 7) is 12.5. The van der Waals surface area contributed by atoms with Crippen LogP contribution in [0, 0.1) is 28.6 Å². The number of rotatable bonds is 10. The van der Waals surface area contributed by atoms with E-state index in [-0.39, 0.29) is 35.3 Å². The lowest BCUT2D eigenvalue weighted by atomic mass is 9.72. The number of nitrogens with zero attached hydrogens (tertiary/aromatic N) is 3. The zero-order valence-corrected chi connectivity index (χ0v) is 28.8. The number of likely N-dealkylation sites (tertiary alicyclic amines) is 1. The number of carbonyl (C=O) groups is 3. The van der Waals surface area contributed by atoms with E-state index in [0.29, 0.717) is 18.3 Å². The van der Waals surface area contributed by atoms with Gasteiger partial charge in [0.25, 0.3) is 5.91 Å². The maximum Gasteiger partial charge on any atom is 0.253 e. The van der Waals surface area contributed by atoms with Crippen molar-refractivity contribution in [3.8, 4) is 6.07 Å². The number of fused-ring (bicyclic) bond motifs is 1. The number of carbonyl (C=O) groups excluding carboxylic acids is 3. The molecule has 6 atom stereocenters. The van der Waals surface area contributed by atoms with Crippen LogP contribution in [-0.4, -0.2) is 75.6 Å². The number of hydrogen-bond donors (Lipinski definition) is 4. The molecular weight excluding hydrogens is 592 g/mol. The summed E-state index contributed by atoms with van der Waals surface area (Å²) in [5.74, 6) is 0.0510. The first-order valence-electron chi connectivity index (χ1n) is 16.9. The van der Waals surface area contributed by atoms with Crippen LogP contribution >= 0.6 is 0 Å². The van der Waals surface area contributed by atoms with Crippen molar-refractivity contribution in [2.24, 2.45) is 17.3 Å². The van der Waals surface area contributed by atoms with E-state index >= 15 is 0 Å². The van der Waals surface area contributed by atoms with Crippen LogP contribution in [0.3, 0.4) is 0 Å². The number of nitriles is 1. The van der Waals surface area contributed by atoms with E-state index in [1.165, 1.54) is 31.2 Å². The predicted octanol–water partition coefficient (Wildman–Crippen LogP) is 3.98. The quantitative estimate of drug-likeness (QED) is 0.306. The number of aliphatic hydroxyl groups is 1. The lowest BCUT2D eigenvalue weighted by molar-refractivity contribution is -0.133. The van der Waals surface area contributed by atoms with Gasteiger partial charge < -0.3 is 21.1 Å². The summed E-state index contributed by atoms with van der Waals surface area (Å²) in [5.41, 5.74) is 0.327. The largest absolute Gasteiger partial charge is 0.390 e. The molecule has 1 aliphatic carbocycles. The molecule has 3 amide bonds. The molecule has 0 radical (unpaired) electrons. The van der Waals surface area contributed by atoms with Crippen molar-refractivity contribution in [2.45, 2.75) is 110 Å². The first kappa shape index (κ1) is 36.0. The second-order valence-electron chi connectivity index (χ2n) is 15.4. The normalized spacial score (nSPS) is 22.1. The van der Waals surface area contributed by atoms with Crippen LogP contribution in [0.4, 0.5) is 0 Å². The van der Waals surface area contributed by atoms with Gasteiger partial charge >= 0.3 is 0 Å². The Bertz CT molecular complexity index is 1410. The Balaban J connectivity index is 1.56. The minimum atomic E-state index is -0.983. The second-order valence-corrected chi connectivity index (χ2v) is 15.4. The number of β-amino-alcohol motifs (C(OH)–C–C–N with tert-alkyl or cyclic N) is 1. The Hall–Kier alpha value is -3.81. The van der Waals surface area contributed by atoms with Crippen LogP contribution in [0.1, 0.15) is 95.3 Å². The molecule has 1 aliphatic heterocycles. The number of pyridine rings is 1. The fourth-order valence-corrected chi connectivity index (χ4v) is 6.90. The maximum atomic E-state index is 14.0. The van der Waals surface area contributed by atoms with Gasteiger partial charge in [-0.2, -0.15) is 5.26 Å². The van der Waals surface area contributed by atoms with Gasteiger partial charge in [-0.05, 0) is 75.0 Å². The van der Waals surface area contributed by atoms with E-state index in [2.05, 4.69) is 25.8 Å². The third-order valence-corrected chi connectivity index (χ3v) is 9.36. The summed E-state index contributed by atoms with van der Waals surface area (Å²) < 4.78 is 0. The van der Waals surface area contributed by atoms with Gasteiger partial charge in [0.2, 0.25) is 11.8 Å². The fourth-order valence-electron chi connectivity index (χ4n) is 6.90. The minimum absolute atomic E-state index is 0.0230. The van der Waals surface area contributed by atoms with Crippen LogP contribution in [0.25, 0.3) is 0 Å². The summed E-state index contributed by atoms with van der Waals surface area (Å²) >= 11 is 0. The highest BCUT2D eigenvalue weighted by molar-refractivity contribution is 5.97. The van der Waals surface area contributed by atoms with Gasteiger partial charge in [-0.15, -0.1) is 0 Å². The Kier molecular flexibility index (Phi) is 11.8. The van der Waals surface area contributed by atoms with E-state index in [1.807, 2.05) is 77.9 Å². The lowest BCUT2D eigenvalue weighted by Gasteiger charge is -2.47. The highest BCUT2D eigenvalue weighted by atomic mass is 16.3. The van der Waals surface area contributed by atoms with Crippen LogP contribution < -0.4 is 16.0 Å². The van der Waals surface area contributed by atoms with E-state index in [4.69, 9.17) is 5.26 Å². The number of nitrogens with one attached hydrogen (secondary N) is 3. The number of hydrogen-bond acceptors (Lipinski definition) is 7. The van der Waals surface area contributed by atoms with Gasteiger partial charge in [-0.25, -0.2) is 4.98 Å². The van der Waals surface area contributed by atoms with E-state index in [1.54, 1.807) is 0 Å². The maximum absolute atomic E-state index is 14.0. The molecule has 2 unspecified atom stereocenters. The molecule has 1 aromatic carbocycles. The van der Waals surface area contributed by atoms with Gasteiger partial charge in [-0.1, -0.05) is 70.4 Å². The third kappa shape index (κ3) is 10.1. The monoisotopic (exact) mass is 644 g/mol. The predicted molar refractivity (Wildman–Crippen MR) is 181 cm³/mol. The minimum Gasteiger partial charge on any atom is -0.390 e. The Labute approximate surface area is 279 Å². The standard InChI is InChI=1S/C37H52N6O4/c1-36(2,3)32(41-33(45)26-16-17-28(20-38)39-21-26)35(47)40-29(18-24-12-8-7-9-13-24)31(44)23-43-22-27-15-11-10-14-25(27)19-30(43)34(46)42-37(4,5)6/h7-9,12-13,16-17,21,25,27,29-32,44H,10-11,14-15,18-19,22-23H2,1-6H3,(H,40,47)(H,41,45)(H,42,46)/t25-,27?,29?,30-,31+,32+/m0/s1. The molecule has 2 fully saturated rings. The average Bonchev–Trinajstić information content (AvgIpc) is 3.01. The van der Waals surface area contributed by atoms with Gasteiger partial charge in [0.15, 0.2) is 0 Å². The van der Waals surface area contributed by atoms with Crippen molar-refractivity contribution in [3.63, 3.8) is 0 Å². The highest BCUT2D eigenvalue weighted by Gasteiger charge is 2.42. The summed E-state index contributed by atoms with van der Waals surface area (Å²) in [6.07, 6.45) is 6.09. The van der Waals surface area contributed by atoms with E-state index < -0.39 is 35.4 Å². The van der Waals surface area contributed by atoms with Crippen LogP contribution in [0.5, 0.6) is 0 Å². The zero-order chi connectivity index (χ0) is 34.4. The molecule has 1 aromatic heterocycles. The number of aliphatic hydroxyl groups excluding tert-OH is 1. The third-order valence-electron chi connectivity index (χ3n) is 9.36. The van der Waals surface area contributed by atoms with Gasteiger partial charge in [0.1, 0.15) is 17.8 Å². The molecule has 1 saturated heterocycles. The Morgan fingerprint density at radius 1 is 1.00 bits per heavy atom. The van der Waals surface area contributed by atoms with Gasteiger partial charge in [0, 0.05) is 24.8 Å². The smallest absolute Gasteiger partial charge is 0.253 e. The van der Waals surface area contributed by atoms with Crippen molar-refractivity contribution in [3.05, 3.63) is 65.5 Å². The number of amides is 3. The number of aromatic nitrogens is 1. The molecule has 2 aliphatic rings. The van der Waals surface area contributed by atoms with Crippen molar-refractivity contribution < 1.29 is 19.5 Å². The summed E-state index contributed by atoms with van der Waals surface area (Å²) in [6, 6.07) is 12.6. The van der Waals surface area contributed by atoms with Gasteiger partial charge in [-0.3, -0.25) is 19.3 Å². The van der Waals surface area contributed by atoms with Crippen LogP contribution in [-0.2, 0) is 16.0 Å². The molecule has 2 heterocycles. The topological polar surface area (TPSA) is 147 Å². The van der Waals surface area contributed by atoms with Crippen LogP contribution in [0.2, 0.25) is 0 Å². The molecular formula is C37H52N6O4. The van der Waals surface area contributed by atoms with Crippen molar-refractivity contribution >= 4 is 17.7 Å². The first-order chi connectivity index (χ1) is 22.1. The second kappa shape index (κ2) is 15.4. The molecule has 4 rings (SSSR count). The fraction of sp³-hybridized carbons (Fsp3) is 0.595. The summed E-state index contributed by atoms with van der Waals surface area (Å²) in [5, 5.41) is 30.0. The SMILES string of the molecule is CC(C)(C)NC(=O)[C@@H]1C[C@@H]2CCCCC2CN1C[C@@H](O)C(Cc1ccccc1)NC(=O)[C@@H](NC(=O)c1ccc(C#N)nc1)C(C)(C)C. The van der Waals surface area contributed by atoms with E-state index in [9.17, 15) is 19.5 Å². The van der Waals surface area contributed by atoms with Crippen LogP contribution in [0.15, 0.2) is 48.7 Å². The Morgan fingerprint density at radius 2 is 1.68 bits per heavy atom. The molecule has 0 spiro atoms. The summed E-state index contributed by atoms with van der Waals surface area (Å²) in [4.78, 5) is 46.9. The Morgan fingerprint density at radius 3 is 2.28 bits per heavy atom. The molecule has 47 heavy (non-hydrogen) atoms. The first-order valence-corrected chi connectivity index (χ1v) is 16.9. The van der Waals surface area contributed by atoms with Crippen molar-refractivity contribution in [2.75, 3.05) is 13.1 Å². The summed E-state index contributed by atoms with van der Waals surface area (Å²) in [7, 11) is 0. The zero-order valence-electron chi connectivity index (χ0n) is 28.8. The number of benzene rings is 1. The molecule has 2 aromatic rings. The number of piperidine rings is 1. The van der Waals surface area contributed by atoms with Crippen molar-refractivity contribution in [1.82, 2.24) is 25.8 Å². The van der Waals surface area contributed by atoms with Crippen molar-refractivity contribution in [1.29, 1.82) is 5.26 Å². The van der Waals surface area contributed by atoms with Gasteiger partial charge in [0.05, 0.1) is 23.8 Å². The molecule has 10 heteroatoms. The molecule has 254 valence electrons. The molecule has 4 N–H and O–H groups in total. The average molecular weight is 645 g/mol. The molecule has 10 nitrogen and oxygen atoms in total. The lowest BCUT2D eigenvalue weighted by Crippen LogP contribution is -2.61.